The highest BCUT2D eigenvalue weighted by atomic mass is 16.7. The topological polar surface area (TPSA) is 138 Å². The van der Waals surface area contributed by atoms with Crippen LogP contribution in [-0.4, -0.2) is 66.9 Å². The first-order valence-corrected chi connectivity index (χ1v) is 12.5. The first kappa shape index (κ1) is 29.1. The SMILES string of the molecule is CCN(Cc1ccccc1)C(=O)C(O)CCOC(=O)C1OC(C(N)=O)(c2ccc(OC)cc2)OCC1(C)C. The smallest absolute Gasteiger partial charge is 0.336 e. The van der Waals surface area contributed by atoms with Crippen molar-refractivity contribution >= 4 is 17.8 Å². The maximum atomic E-state index is 13.1. The highest BCUT2D eigenvalue weighted by molar-refractivity contribution is 5.85. The van der Waals surface area contributed by atoms with Crippen LogP contribution in [0.5, 0.6) is 5.75 Å². The van der Waals surface area contributed by atoms with Crippen LogP contribution < -0.4 is 10.5 Å². The van der Waals surface area contributed by atoms with Gasteiger partial charge in [-0.3, -0.25) is 9.59 Å². The van der Waals surface area contributed by atoms with Crippen LogP contribution in [0.3, 0.4) is 0 Å². The molecule has 2 amide bonds. The van der Waals surface area contributed by atoms with Crippen molar-refractivity contribution in [1.29, 1.82) is 0 Å². The summed E-state index contributed by atoms with van der Waals surface area (Å²) < 4.78 is 22.3. The lowest BCUT2D eigenvalue weighted by molar-refractivity contribution is -0.315. The Hall–Kier alpha value is -3.47. The van der Waals surface area contributed by atoms with Crippen molar-refractivity contribution in [3.05, 3.63) is 65.7 Å². The summed E-state index contributed by atoms with van der Waals surface area (Å²) in [5.41, 5.74) is 6.07. The molecule has 1 fully saturated rings. The molecule has 1 heterocycles. The van der Waals surface area contributed by atoms with Crippen LogP contribution in [0, 0.1) is 5.41 Å². The second kappa shape index (κ2) is 12.4. The van der Waals surface area contributed by atoms with Gasteiger partial charge >= 0.3 is 5.97 Å². The van der Waals surface area contributed by atoms with Crippen molar-refractivity contribution in [2.45, 2.75) is 51.7 Å². The van der Waals surface area contributed by atoms with Gasteiger partial charge in [0.1, 0.15) is 11.9 Å². The minimum Gasteiger partial charge on any atom is -0.497 e. The van der Waals surface area contributed by atoms with Crippen LogP contribution in [0.25, 0.3) is 0 Å². The number of primary amides is 1. The number of ether oxygens (including phenoxy) is 4. The van der Waals surface area contributed by atoms with Gasteiger partial charge in [-0.2, -0.15) is 0 Å². The van der Waals surface area contributed by atoms with E-state index in [-0.39, 0.29) is 19.6 Å². The van der Waals surface area contributed by atoms with Crippen molar-refractivity contribution in [3.8, 4) is 5.75 Å². The minimum absolute atomic E-state index is 0.0200. The molecule has 0 aliphatic carbocycles. The van der Waals surface area contributed by atoms with E-state index in [4.69, 9.17) is 24.7 Å². The maximum Gasteiger partial charge on any atom is 0.336 e. The largest absolute Gasteiger partial charge is 0.497 e. The number of nitrogens with two attached hydrogens (primary N) is 1. The molecule has 0 bridgehead atoms. The third-order valence-electron chi connectivity index (χ3n) is 6.48. The Balaban J connectivity index is 1.64. The predicted octanol–water partition coefficient (Wildman–Crippen LogP) is 2.12. The molecule has 0 aromatic heterocycles. The predicted molar refractivity (Wildman–Crippen MR) is 138 cm³/mol. The van der Waals surface area contributed by atoms with Crippen molar-refractivity contribution < 1.29 is 38.4 Å². The Morgan fingerprint density at radius 2 is 1.79 bits per heavy atom. The van der Waals surface area contributed by atoms with E-state index < -0.39 is 41.2 Å². The second-order valence-corrected chi connectivity index (χ2v) is 9.79. The number of carbonyl (C=O) groups is 3. The number of likely N-dealkylation sites (N-methyl/N-ethyl adjacent to an activating group) is 1. The molecule has 3 atom stereocenters. The average Bonchev–Trinajstić information content (AvgIpc) is 2.91. The lowest BCUT2D eigenvalue weighted by atomic mass is 9.85. The van der Waals surface area contributed by atoms with Gasteiger partial charge < -0.3 is 34.7 Å². The summed E-state index contributed by atoms with van der Waals surface area (Å²) in [7, 11) is 1.51. The minimum atomic E-state index is -2.00. The molecule has 1 aliphatic heterocycles. The zero-order valence-electron chi connectivity index (χ0n) is 22.2. The fourth-order valence-electron chi connectivity index (χ4n) is 4.15. The molecule has 1 aliphatic rings. The zero-order valence-corrected chi connectivity index (χ0v) is 22.2. The van der Waals surface area contributed by atoms with E-state index in [0.29, 0.717) is 24.4 Å². The number of carbonyl (C=O) groups excluding carboxylic acids is 3. The van der Waals surface area contributed by atoms with E-state index >= 15 is 0 Å². The molecule has 3 rings (SSSR count). The number of rotatable bonds is 11. The third-order valence-corrected chi connectivity index (χ3v) is 6.48. The quantitative estimate of drug-likeness (QED) is 0.423. The molecule has 0 saturated carbocycles. The number of nitrogens with zero attached hydrogens (tertiary/aromatic N) is 1. The lowest BCUT2D eigenvalue weighted by Gasteiger charge is -2.45. The monoisotopic (exact) mass is 528 g/mol. The number of amides is 2. The van der Waals surface area contributed by atoms with Gasteiger partial charge in [-0.1, -0.05) is 44.2 Å². The molecule has 1 saturated heterocycles. The highest BCUT2D eigenvalue weighted by Gasteiger charge is 2.55. The van der Waals surface area contributed by atoms with Crippen LogP contribution in [0.1, 0.15) is 38.3 Å². The summed E-state index contributed by atoms with van der Waals surface area (Å²) in [6.07, 6.45) is -2.65. The number of aliphatic hydroxyl groups excluding tert-OH is 1. The van der Waals surface area contributed by atoms with Gasteiger partial charge in [0.15, 0.2) is 6.10 Å². The molecule has 0 spiro atoms. The molecule has 3 unspecified atom stereocenters. The van der Waals surface area contributed by atoms with Gasteiger partial charge in [-0.05, 0) is 36.8 Å². The van der Waals surface area contributed by atoms with Gasteiger partial charge in [-0.15, -0.1) is 0 Å². The van der Waals surface area contributed by atoms with Gasteiger partial charge in [-0.25, -0.2) is 4.79 Å². The molecule has 10 heteroatoms. The van der Waals surface area contributed by atoms with Gasteiger partial charge in [0.05, 0.1) is 20.3 Å². The van der Waals surface area contributed by atoms with Crippen molar-refractivity contribution in [1.82, 2.24) is 4.90 Å². The Bertz CT molecular complexity index is 1110. The second-order valence-electron chi connectivity index (χ2n) is 9.79. The van der Waals surface area contributed by atoms with Gasteiger partial charge in [0.25, 0.3) is 17.6 Å². The van der Waals surface area contributed by atoms with Crippen LogP contribution in [0.2, 0.25) is 0 Å². The molecular weight excluding hydrogens is 492 g/mol. The summed E-state index contributed by atoms with van der Waals surface area (Å²) in [6, 6.07) is 15.8. The highest BCUT2D eigenvalue weighted by Crippen LogP contribution is 2.41. The Morgan fingerprint density at radius 3 is 2.37 bits per heavy atom. The first-order valence-electron chi connectivity index (χ1n) is 12.5. The van der Waals surface area contributed by atoms with Crippen LogP contribution in [-0.2, 0) is 40.9 Å². The Morgan fingerprint density at radius 1 is 1.13 bits per heavy atom. The van der Waals surface area contributed by atoms with Gasteiger partial charge in [0.2, 0.25) is 0 Å². The average molecular weight is 529 g/mol. The maximum absolute atomic E-state index is 13.1. The van der Waals surface area contributed by atoms with Crippen molar-refractivity contribution in [2.75, 3.05) is 26.9 Å². The zero-order chi connectivity index (χ0) is 27.9. The number of hydrogen-bond donors (Lipinski definition) is 2. The fraction of sp³-hybridized carbons (Fsp3) is 0.464. The summed E-state index contributed by atoms with van der Waals surface area (Å²) >= 11 is 0. The van der Waals surface area contributed by atoms with E-state index in [9.17, 15) is 19.5 Å². The van der Waals surface area contributed by atoms with E-state index in [1.165, 1.54) is 12.0 Å². The lowest BCUT2D eigenvalue weighted by Crippen LogP contribution is -2.59. The van der Waals surface area contributed by atoms with E-state index in [1.807, 2.05) is 37.3 Å². The number of benzene rings is 2. The summed E-state index contributed by atoms with van der Waals surface area (Å²) in [6.45, 7) is 5.82. The molecule has 3 N–H and O–H groups in total. The standard InChI is InChI=1S/C28H36N2O8/c1-5-30(17-19-9-7-6-8-10-19)24(32)22(31)15-16-36-25(33)23-27(2,3)18-37-28(38-23,26(29)34)20-11-13-21(35-4)14-12-20/h6-14,22-23,31H,5,15-18H2,1-4H3,(H2,29,34). The molecule has 10 nitrogen and oxygen atoms in total. The van der Waals surface area contributed by atoms with Crippen LogP contribution in [0.4, 0.5) is 0 Å². The van der Waals surface area contributed by atoms with Crippen molar-refractivity contribution in [3.63, 3.8) is 0 Å². The first-order chi connectivity index (χ1) is 18.0. The summed E-state index contributed by atoms with van der Waals surface area (Å²) in [5, 5.41) is 10.5. The fourth-order valence-corrected chi connectivity index (χ4v) is 4.15. The third kappa shape index (κ3) is 6.50. The summed E-state index contributed by atoms with van der Waals surface area (Å²) in [4.78, 5) is 39.9. The molecule has 2 aromatic rings. The number of esters is 1. The Kier molecular flexibility index (Phi) is 9.48. The Labute approximate surface area is 222 Å². The van der Waals surface area contributed by atoms with Crippen LogP contribution in [0.15, 0.2) is 54.6 Å². The van der Waals surface area contributed by atoms with Crippen LogP contribution >= 0.6 is 0 Å². The summed E-state index contributed by atoms with van der Waals surface area (Å²) in [5.74, 6) is -3.58. The van der Waals surface area contributed by atoms with Gasteiger partial charge in [0, 0.05) is 30.5 Å². The van der Waals surface area contributed by atoms with E-state index in [2.05, 4.69) is 0 Å². The molecule has 0 radical (unpaired) electrons. The molecular formula is C28H36N2O8. The molecule has 38 heavy (non-hydrogen) atoms. The van der Waals surface area contributed by atoms with E-state index in [1.54, 1.807) is 38.1 Å². The van der Waals surface area contributed by atoms with Crippen molar-refractivity contribution in [2.24, 2.45) is 11.1 Å². The molecule has 2 aromatic carbocycles. The molecule has 206 valence electrons. The normalized spacial score (nSPS) is 21.2. The number of aliphatic hydroxyl groups is 1. The number of methoxy groups -OCH3 is 1. The number of hydrogen-bond acceptors (Lipinski definition) is 8. The van der Waals surface area contributed by atoms with E-state index in [0.717, 1.165) is 5.56 Å².